The minimum absolute atomic E-state index is 0.0505. The van der Waals surface area contributed by atoms with Crippen LogP contribution in [0.2, 0.25) is 0 Å². The van der Waals surface area contributed by atoms with Gasteiger partial charge in [-0.1, -0.05) is 5.21 Å². The average Bonchev–Trinajstić information content (AvgIpc) is 2.89. The molecule has 7 nitrogen and oxygen atoms in total. The molecular weight excluding hydrogens is 260 g/mol. The second kappa shape index (κ2) is 6.16. The van der Waals surface area contributed by atoms with Gasteiger partial charge in [-0.3, -0.25) is 4.79 Å². The monoisotopic (exact) mass is 276 g/mol. The second-order valence-electron chi connectivity index (χ2n) is 4.10. The molecule has 2 rings (SSSR count). The van der Waals surface area contributed by atoms with Gasteiger partial charge >= 0.3 is 0 Å². The van der Waals surface area contributed by atoms with Crippen molar-refractivity contribution in [3.05, 3.63) is 30.0 Å². The minimum atomic E-state index is -0.190. The Morgan fingerprint density at radius 2 is 2.10 bits per heavy atom. The number of aliphatic hydroxyl groups is 1. The predicted molar refractivity (Wildman–Crippen MR) is 73.5 cm³/mol. The van der Waals surface area contributed by atoms with Crippen LogP contribution in [0, 0.1) is 0 Å². The number of nitrogens with zero attached hydrogens (tertiary/aromatic N) is 3. The first-order chi connectivity index (χ1) is 9.67. The number of anilines is 1. The molecule has 1 aromatic carbocycles. The van der Waals surface area contributed by atoms with Crippen molar-refractivity contribution < 1.29 is 14.6 Å². The van der Waals surface area contributed by atoms with Crippen molar-refractivity contribution >= 4 is 11.6 Å². The Hall–Kier alpha value is -2.41. The van der Waals surface area contributed by atoms with Crippen LogP contribution >= 0.6 is 0 Å². The smallest absolute Gasteiger partial charge is 0.183 e. The summed E-state index contributed by atoms with van der Waals surface area (Å²) in [6.07, 6.45) is 0. The van der Waals surface area contributed by atoms with E-state index in [1.54, 1.807) is 19.2 Å². The lowest BCUT2D eigenvalue weighted by Crippen LogP contribution is -2.12. The Bertz CT molecular complexity index is 592. The van der Waals surface area contributed by atoms with Crippen molar-refractivity contribution in [3.63, 3.8) is 0 Å². The van der Waals surface area contributed by atoms with Crippen LogP contribution in [0.15, 0.2) is 24.3 Å². The van der Waals surface area contributed by atoms with E-state index in [9.17, 15) is 4.79 Å². The standard InChI is InChI=1S/C13H16N4O3/c1-9(19)12-13(14-7-8-18)17(16-15-12)10-3-5-11(20-2)6-4-10/h3-6,14,18H,7-8H2,1-2H3. The van der Waals surface area contributed by atoms with E-state index < -0.39 is 0 Å². The molecule has 0 unspecified atom stereocenters. The summed E-state index contributed by atoms with van der Waals surface area (Å²) in [5, 5.41) is 19.7. The topological polar surface area (TPSA) is 89.3 Å². The summed E-state index contributed by atoms with van der Waals surface area (Å²) in [5.41, 5.74) is 0.987. The number of rotatable bonds is 6. The molecule has 0 saturated heterocycles. The molecule has 1 aromatic heterocycles. The molecule has 0 saturated carbocycles. The van der Waals surface area contributed by atoms with Crippen LogP contribution < -0.4 is 10.1 Å². The average molecular weight is 276 g/mol. The van der Waals surface area contributed by atoms with Crippen molar-refractivity contribution in [3.8, 4) is 11.4 Å². The summed E-state index contributed by atoms with van der Waals surface area (Å²) in [6, 6.07) is 7.20. The van der Waals surface area contributed by atoms with Crippen LogP contribution in [-0.4, -0.2) is 46.1 Å². The largest absolute Gasteiger partial charge is 0.497 e. The summed E-state index contributed by atoms with van der Waals surface area (Å²) in [5.74, 6) is 1.01. The fraction of sp³-hybridized carbons (Fsp3) is 0.308. The quantitative estimate of drug-likeness (QED) is 0.761. The first-order valence-corrected chi connectivity index (χ1v) is 6.13. The van der Waals surface area contributed by atoms with Crippen LogP contribution in [0.1, 0.15) is 17.4 Å². The number of aliphatic hydroxyl groups excluding tert-OH is 1. The minimum Gasteiger partial charge on any atom is -0.497 e. The maximum Gasteiger partial charge on any atom is 0.183 e. The number of nitrogens with one attached hydrogen (secondary N) is 1. The van der Waals surface area contributed by atoms with Gasteiger partial charge in [0.1, 0.15) is 5.75 Å². The predicted octanol–water partition coefficient (Wildman–Crippen LogP) is 0.883. The van der Waals surface area contributed by atoms with E-state index in [0.717, 1.165) is 11.4 Å². The number of ether oxygens (including phenoxy) is 1. The lowest BCUT2D eigenvalue weighted by atomic mass is 10.3. The second-order valence-corrected chi connectivity index (χ2v) is 4.10. The number of ketones is 1. The first kappa shape index (κ1) is 14.0. The molecule has 0 atom stereocenters. The summed E-state index contributed by atoms with van der Waals surface area (Å²) in [4.78, 5) is 11.5. The number of aromatic nitrogens is 3. The third kappa shape index (κ3) is 2.77. The summed E-state index contributed by atoms with van der Waals surface area (Å²) in [6.45, 7) is 1.68. The van der Waals surface area contributed by atoms with Gasteiger partial charge in [0.25, 0.3) is 0 Å². The van der Waals surface area contributed by atoms with Gasteiger partial charge in [0, 0.05) is 13.5 Å². The Morgan fingerprint density at radius 1 is 1.40 bits per heavy atom. The lowest BCUT2D eigenvalue weighted by Gasteiger charge is -2.09. The molecule has 0 bridgehead atoms. The zero-order chi connectivity index (χ0) is 14.5. The van der Waals surface area contributed by atoms with Gasteiger partial charge in [-0.25, -0.2) is 0 Å². The van der Waals surface area contributed by atoms with Crippen molar-refractivity contribution in [2.45, 2.75) is 6.92 Å². The molecule has 2 aromatic rings. The molecule has 106 valence electrons. The van der Waals surface area contributed by atoms with E-state index >= 15 is 0 Å². The van der Waals surface area contributed by atoms with Gasteiger partial charge in [0.15, 0.2) is 17.3 Å². The van der Waals surface area contributed by atoms with Gasteiger partial charge in [-0.05, 0) is 24.3 Å². The molecule has 0 radical (unpaired) electrons. The maximum atomic E-state index is 11.5. The number of benzene rings is 1. The molecule has 7 heteroatoms. The molecule has 0 spiro atoms. The van der Waals surface area contributed by atoms with E-state index in [2.05, 4.69) is 15.6 Å². The van der Waals surface area contributed by atoms with E-state index in [-0.39, 0.29) is 18.1 Å². The number of hydrogen-bond donors (Lipinski definition) is 2. The maximum absolute atomic E-state index is 11.5. The molecule has 1 heterocycles. The van der Waals surface area contributed by atoms with Crippen LogP contribution in [0.25, 0.3) is 5.69 Å². The normalized spacial score (nSPS) is 10.3. The first-order valence-electron chi connectivity index (χ1n) is 6.13. The van der Waals surface area contributed by atoms with Crippen molar-refractivity contribution in [2.75, 3.05) is 25.6 Å². The fourth-order valence-corrected chi connectivity index (χ4v) is 1.76. The molecule has 0 aliphatic heterocycles. The fourth-order valence-electron chi connectivity index (χ4n) is 1.76. The Labute approximate surface area is 116 Å². The van der Waals surface area contributed by atoms with E-state index in [0.29, 0.717) is 12.4 Å². The molecule has 2 N–H and O–H groups in total. The van der Waals surface area contributed by atoms with Gasteiger partial charge < -0.3 is 15.2 Å². The zero-order valence-electron chi connectivity index (χ0n) is 11.3. The van der Waals surface area contributed by atoms with Gasteiger partial charge in [0.2, 0.25) is 0 Å². The Balaban J connectivity index is 2.41. The van der Waals surface area contributed by atoms with E-state index in [1.165, 1.54) is 11.6 Å². The van der Waals surface area contributed by atoms with Gasteiger partial charge in [-0.2, -0.15) is 4.68 Å². The molecule has 0 aliphatic carbocycles. The molecule has 0 fully saturated rings. The van der Waals surface area contributed by atoms with Crippen molar-refractivity contribution in [1.29, 1.82) is 0 Å². The lowest BCUT2D eigenvalue weighted by molar-refractivity contribution is 0.101. The van der Waals surface area contributed by atoms with Crippen molar-refractivity contribution in [1.82, 2.24) is 15.0 Å². The molecule has 0 aliphatic rings. The van der Waals surface area contributed by atoms with Crippen LogP contribution in [0.4, 0.5) is 5.82 Å². The Kier molecular flexibility index (Phi) is 4.31. The molecular formula is C13H16N4O3. The number of hydrogen-bond acceptors (Lipinski definition) is 6. The number of Topliss-reactive ketones (excluding diaryl/α,β-unsaturated/α-hetero) is 1. The molecule has 20 heavy (non-hydrogen) atoms. The van der Waals surface area contributed by atoms with Crippen molar-refractivity contribution in [2.24, 2.45) is 0 Å². The van der Waals surface area contributed by atoms with E-state index in [1.807, 2.05) is 12.1 Å². The highest BCUT2D eigenvalue weighted by molar-refractivity contribution is 5.96. The third-order valence-corrected chi connectivity index (χ3v) is 2.72. The molecule has 0 amide bonds. The van der Waals surface area contributed by atoms with Crippen LogP contribution in [0.5, 0.6) is 5.75 Å². The Morgan fingerprint density at radius 3 is 2.65 bits per heavy atom. The summed E-state index contributed by atoms with van der Waals surface area (Å²) in [7, 11) is 1.59. The number of methoxy groups -OCH3 is 1. The SMILES string of the molecule is COc1ccc(-n2nnc(C(C)=O)c2NCCO)cc1. The van der Waals surface area contributed by atoms with Gasteiger partial charge in [0.05, 0.1) is 19.4 Å². The highest BCUT2D eigenvalue weighted by Crippen LogP contribution is 2.20. The van der Waals surface area contributed by atoms with E-state index in [4.69, 9.17) is 9.84 Å². The number of carbonyl (C=O) groups excluding carboxylic acids is 1. The van der Waals surface area contributed by atoms with Gasteiger partial charge in [-0.15, -0.1) is 5.10 Å². The third-order valence-electron chi connectivity index (χ3n) is 2.72. The number of carbonyl (C=O) groups is 1. The highest BCUT2D eigenvalue weighted by Gasteiger charge is 2.17. The van der Waals surface area contributed by atoms with Crippen LogP contribution in [-0.2, 0) is 0 Å². The summed E-state index contributed by atoms with van der Waals surface area (Å²) < 4.78 is 6.62. The highest BCUT2D eigenvalue weighted by atomic mass is 16.5. The zero-order valence-corrected chi connectivity index (χ0v) is 11.3. The summed E-state index contributed by atoms with van der Waals surface area (Å²) >= 11 is 0. The van der Waals surface area contributed by atoms with Crippen LogP contribution in [0.3, 0.4) is 0 Å².